The summed E-state index contributed by atoms with van der Waals surface area (Å²) in [6, 6.07) is 3.19. The van der Waals surface area contributed by atoms with Gasteiger partial charge in [-0.25, -0.2) is 4.98 Å². The van der Waals surface area contributed by atoms with Gasteiger partial charge in [0.05, 0.1) is 4.92 Å². The number of pyridine rings is 1. The second-order valence-corrected chi connectivity index (χ2v) is 5.27. The fraction of sp³-hybridized carbons (Fsp3) is 0.583. The second kappa shape index (κ2) is 5.10. The van der Waals surface area contributed by atoms with Gasteiger partial charge in [-0.15, -0.1) is 0 Å². The summed E-state index contributed by atoms with van der Waals surface area (Å²) in [5.74, 6) is 0.844. The SMILES string of the molecule is CC(C)C1CCCN1c1nc(Cl)ccc1[N+](=O)[O-]. The predicted octanol–water partition coefficient (Wildman–Crippen LogP) is 3.27. The molecule has 0 amide bonds. The summed E-state index contributed by atoms with van der Waals surface area (Å²) in [6.07, 6.45) is 2.08. The molecule has 5 nitrogen and oxygen atoms in total. The van der Waals surface area contributed by atoms with Gasteiger partial charge < -0.3 is 4.90 Å². The number of rotatable bonds is 3. The number of hydrogen-bond donors (Lipinski definition) is 0. The molecule has 0 N–H and O–H groups in total. The summed E-state index contributed by atoms with van der Waals surface area (Å²) in [7, 11) is 0. The Hall–Kier alpha value is -1.36. The average molecular weight is 270 g/mol. The zero-order chi connectivity index (χ0) is 13.3. The molecule has 18 heavy (non-hydrogen) atoms. The molecule has 2 heterocycles. The topological polar surface area (TPSA) is 59.3 Å². The molecule has 1 aromatic heterocycles. The molecule has 0 radical (unpaired) electrons. The van der Waals surface area contributed by atoms with E-state index in [1.165, 1.54) is 12.1 Å². The minimum absolute atomic E-state index is 0.0342. The first-order valence-electron chi connectivity index (χ1n) is 6.08. The molecule has 0 saturated carbocycles. The monoisotopic (exact) mass is 269 g/mol. The van der Waals surface area contributed by atoms with Gasteiger partial charge in [0.2, 0.25) is 5.82 Å². The van der Waals surface area contributed by atoms with Crippen molar-refractivity contribution in [1.29, 1.82) is 0 Å². The van der Waals surface area contributed by atoms with Gasteiger partial charge in [0.25, 0.3) is 0 Å². The summed E-state index contributed by atoms with van der Waals surface area (Å²) in [6.45, 7) is 5.05. The molecule has 1 atom stereocenters. The fourth-order valence-corrected chi connectivity index (χ4v) is 2.66. The van der Waals surface area contributed by atoms with E-state index in [0.29, 0.717) is 22.9 Å². The molecule has 2 rings (SSSR count). The minimum atomic E-state index is -0.394. The highest BCUT2D eigenvalue weighted by atomic mass is 35.5. The van der Waals surface area contributed by atoms with Gasteiger partial charge in [-0.05, 0) is 24.8 Å². The predicted molar refractivity (Wildman–Crippen MR) is 71.1 cm³/mol. The second-order valence-electron chi connectivity index (χ2n) is 4.88. The number of halogens is 1. The number of anilines is 1. The Morgan fingerprint density at radius 3 is 2.89 bits per heavy atom. The van der Waals surface area contributed by atoms with Gasteiger partial charge in [-0.2, -0.15) is 0 Å². The lowest BCUT2D eigenvalue weighted by molar-refractivity contribution is -0.384. The first kappa shape index (κ1) is 13.1. The first-order chi connectivity index (χ1) is 8.50. The molecule has 98 valence electrons. The zero-order valence-electron chi connectivity index (χ0n) is 10.5. The van der Waals surface area contributed by atoms with Crippen molar-refractivity contribution in [2.45, 2.75) is 32.7 Å². The normalized spacial score (nSPS) is 19.6. The van der Waals surface area contributed by atoms with Gasteiger partial charge in [0, 0.05) is 18.7 Å². The third kappa shape index (κ3) is 2.41. The van der Waals surface area contributed by atoms with Crippen LogP contribution in [0.3, 0.4) is 0 Å². The van der Waals surface area contributed by atoms with E-state index >= 15 is 0 Å². The van der Waals surface area contributed by atoms with Gasteiger partial charge in [0.1, 0.15) is 5.15 Å². The van der Waals surface area contributed by atoms with E-state index in [-0.39, 0.29) is 5.69 Å². The maximum absolute atomic E-state index is 11.1. The van der Waals surface area contributed by atoms with Crippen molar-refractivity contribution in [3.8, 4) is 0 Å². The number of nitrogens with zero attached hydrogens (tertiary/aromatic N) is 3. The Morgan fingerprint density at radius 1 is 1.56 bits per heavy atom. The average Bonchev–Trinajstić information content (AvgIpc) is 2.77. The maximum Gasteiger partial charge on any atom is 0.311 e. The number of aromatic nitrogens is 1. The van der Waals surface area contributed by atoms with Crippen LogP contribution in [0.5, 0.6) is 0 Å². The lowest BCUT2D eigenvalue weighted by Gasteiger charge is -2.28. The van der Waals surface area contributed by atoms with Crippen molar-refractivity contribution in [2.24, 2.45) is 5.92 Å². The summed E-state index contributed by atoms with van der Waals surface area (Å²) < 4.78 is 0. The Morgan fingerprint density at radius 2 is 2.28 bits per heavy atom. The molecule has 0 spiro atoms. The van der Waals surface area contributed by atoms with Crippen LogP contribution in [0.4, 0.5) is 11.5 Å². The molecule has 1 aliphatic heterocycles. The van der Waals surface area contributed by atoms with E-state index in [4.69, 9.17) is 11.6 Å². The molecule has 1 aromatic rings. The highest BCUT2D eigenvalue weighted by Crippen LogP contribution is 2.35. The van der Waals surface area contributed by atoms with Crippen molar-refractivity contribution in [3.05, 3.63) is 27.4 Å². The molecule has 1 fully saturated rings. The van der Waals surface area contributed by atoms with Crippen LogP contribution in [-0.4, -0.2) is 22.5 Å². The minimum Gasteiger partial charge on any atom is -0.348 e. The highest BCUT2D eigenvalue weighted by Gasteiger charge is 2.32. The first-order valence-corrected chi connectivity index (χ1v) is 6.46. The Labute approximate surface area is 111 Å². The molecular weight excluding hydrogens is 254 g/mol. The van der Waals surface area contributed by atoms with Crippen molar-refractivity contribution in [3.63, 3.8) is 0 Å². The van der Waals surface area contributed by atoms with Crippen LogP contribution >= 0.6 is 11.6 Å². The lowest BCUT2D eigenvalue weighted by Crippen LogP contribution is -2.34. The largest absolute Gasteiger partial charge is 0.348 e. The van der Waals surface area contributed by atoms with Crippen LogP contribution in [0.1, 0.15) is 26.7 Å². The van der Waals surface area contributed by atoms with Gasteiger partial charge in [-0.3, -0.25) is 10.1 Å². The molecule has 1 aliphatic rings. The lowest BCUT2D eigenvalue weighted by atomic mass is 10.0. The van der Waals surface area contributed by atoms with Crippen molar-refractivity contribution in [1.82, 2.24) is 4.98 Å². The van der Waals surface area contributed by atoms with E-state index in [1.807, 2.05) is 4.90 Å². The van der Waals surface area contributed by atoms with E-state index in [0.717, 1.165) is 19.4 Å². The van der Waals surface area contributed by atoms with Gasteiger partial charge >= 0.3 is 5.69 Å². The van der Waals surface area contributed by atoms with E-state index in [2.05, 4.69) is 18.8 Å². The van der Waals surface area contributed by atoms with Crippen LogP contribution in [-0.2, 0) is 0 Å². The quantitative estimate of drug-likeness (QED) is 0.480. The van der Waals surface area contributed by atoms with Crippen molar-refractivity contribution in [2.75, 3.05) is 11.4 Å². The van der Waals surface area contributed by atoms with E-state index in [9.17, 15) is 10.1 Å². The molecule has 0 bridgehead atoms. The fourth-order valence-electron chi connectivity index (χ4n) is 2.52. The van der Waals surface area contributed by atoms with Crippen LogP contribution in [0.2, 0.25) is 5.15 Å². The Kier molecular flexibility index (Phi) is 3.71. The molecule has 6 heteroatoms. The van der Waals surface area contributed by atoms with Crippen molar-refractivity contribution >= 4 is 23.1 Å². The molecule has 1 saturated heterocycles. The third-order valence-corrected chi connectivity index (χ3v) is 3.57. The summed E-state index contributed by atoms with van der Waals surface area (Å²) >= 11 is 5.87. The zero-order valence-corrected chi connectivity index (χ0v) is 11.2. The number of nitro groups is 1. The van der Waals surface area contributed by atoms with Gasteiger partial charge in [-0.1, -0.05) is 25.4 Å². The third-order valence-electron chi connectivity index (χ3n) is 3.36. The smallest absolute Gasteiger partial charge is 0.311 e. The standard InChI is InChI=1S/C12H16ClN3O2/c1-8(2)9-4-3-7-15(9)12-10(16(17)18)5-6-11(13)14-12/h5-6,8-9H,3-4,7H2,1-2H3. The summed E-state index contributed by atoms with van der Waals surface area (Å²) in [4.78, 5) is 16.8. The molecular formula is C12H16ClN3O2. The van der Waals surface area contributed by atoms with Gasteiger partial charge in [0.15, 0.2) is 0 Å². The summed E-state index contributed by atoms with van der Waals surface area (Å²) in [5.41, 5.74) is 0.0342. The van der Waals surface area contributed by atoms with E-state index < -0.39 is 4.92 Å². The number of hydrogen-bond acceptors (Lipinski definition) is 4. The Balaban J connectivity index is 2.42. The van der Waals surface area contributed by atoms with Crippen LogP contribution in [0.15, 0.2) is 12.1 Å². The highest BCUT2D eigenvalue weighted by molar-refractivity contribution is 6.29. The van der Waals surface area contributed by atoms with Crippen LogP contribution in [0, 0.1) is 16.0 Å². The summed E-state index contributed by atoms with van der Waals surface area (Å²) in [5, 5.41) is 11.4. The van der Waals surface area contributed by atoms with Crippen LogP contribution in [0.25, 0.3) is 0 Å². The van der Waals surface area contributed by atoms with E-state index in [1.54, 1.807) is 0 Å². The van der Waals surface area contributed by atoms with Crippen molar-refractivity contribution < 1.29 is 4.92 Å². The Bertz CT molecular complexity index is 465. The van der Waals surface area contributed by atoms with Crippen LogP contribution < -0.4 is 4.90 Å². The molecule has 0 aromatic carbocycles. The molecule has 0 aliphatic carbocycles. The maximum atomic E-state index is 11.1. The molecule has 1 unspecified atom stereocenters.